The van der Waals surface area contributed by atoms with Gasteiger partial charge in [-0.1, -0.05) is 60.5 Å². The number of dihydropyridines is 1. The molecule has 150 valence electrons. The topological polar surface area (TPSA) is 38.1 Å². The second-order valence-corrected chi connectivity index (χ2v) is 10.3. The number of benzene rings is 1. The Bertz CT molecular complexity index is 1000. The Labute approximate surface area is 185 Å². The fraction of sp³-hybridized carbons (Fsp3) is 0.435. The summed E-state index contributed by atoms with van der Waals surface area (Å²) in [7, 11) is 0. The fourth-order valence-corrected chi connectivity index (χ4v) is 7.37. The first-order chi connectivity index (χ1) is 14.3. The normalized spacial score (nSPS) is 22.3. The standard InChI is InChI=1S/C23H24ClN3S2/c1-2-3-11-18-15-8-6-9-16(15)19-20-21(29-22(19)27-18)23(26-13-25-20)28-12-14-7-4-5-10-17(14)24/h4-5,7,10,13,19,22H,2-3,6,8-9,11-12H2,1H3. The molecule has 6 heteroatoms. The third kappa shape index (κ3) is 3.66. The van der Waals surface area contributed by atoms with Gasteiger partial charge in [-0.05, 0) is 49.3 Å². The largest absolute Gasteiger partial charge is 0.274 e. The molecule has 1 aromatic heterocycles. The lowest BCUT2D eigenvalue weighted by atomic mass is 9.87. The number of rotatable bonds is 6. The maximum Gasteiger partial charge on any atom is 0.117 e. The van der Waals surface area contributed by atoms with Gasteiger partial charge in [-0.15, -0.1) is 11.8 Å². The van der Waals surface area contributed by atoms with Gasteiger partial charge in [0.05, 0.1) is 16.5 Å². The Morgan fingerprint density at radius 2 is 2.10 bits per heavy atom. The number of nitrogens with zero attached hydrogens (tertiary/aromatic N) is 3. The zero-order valence-electron chi connectivity index (χ0n) is 16.5. The molecule has 0 spiro atoms. The summed E-state index contributed by atoms with van der Waals surface area (Å²) in [6.07, 6.45) is 8.96. The molecule has 0 amide bonds. The zero-order valence-corrected chi connectivity index (χ0v) is 18.9. The first-order valence-electron chi connectivity index (χ1n) is 10.4. The Morgan fingerprint density at radius 3 is 2.97 bits per heavy atom. The summed E-state index contributed by atoms with van der Waals surface area (Å²) in [6.45, 7) is 2.26. The summed E-state index contributed by atoms with van der Waals surface area (Å²) in [4.78, 5) is 15.9. The molecule has 0 saturated heterocycles. The van der Waals surface area contributed by atoms with Crippen molar-refractivity contribution in [3.63, 3.8) is 0 Å². The van der Waals surface area contributed by atoms with Gasteiger partial charge in [-0.25, -0.2) is 9.97 Å². The molecule has 3 aliphatic rings. The van der Waals surface area contributed by atoms with Crippen LogP contribution in [0, 0.1) is 0 Å². The molecule has 0 bridgehead atoms. The molecule has 29 heavy (non-hydrogen) atoms. The van der Waals surface area contributed by atoms with Crippen molar-refractivity contribution < 1.29 is 0 Å². The highest BCUT2D eigenvalue weighted by atomic mass is 35.5. The molecule has 0 saturated carbocycles. The van der Waals surface area contributed by atoms with Gasteiger partial charge in [0.2, 0.25) is 0 Å². The molecule has 1 aliphatic carbocycles. The van der Waals surface area contributed by atoms with Crippen molar-refractivity contribution in [1.82, 2.24) is 9.97 Å². The van der Waals surface area contributed by atoms with Crippen LogP contribution in [0.5, 0.6) is 0 Å². The first-order valence-corrected chi connectivity index (χ1v) is 12.7. The highest BCUT2D eigenvalue weighted by Gasteiger charge is 2.44. The van der Waals surface area contributed by atoms with E-state index in [1.54, 1.807) is 29.2 Å². The first kappa shape index (κ1) is 19.7. The quantitative estimate of drug-likeness (QED) is 0.355. The number of aromatic nitrogens is 2. The molecule has 2 aromatic rings. The van der Waals surface area contributed by atoms with Gasteiger partial charge in [-0.2, -0.15) is 0 Å². The molecule has 0 radical (unpaired) electrons. The number of halogens is 1. The lowest BCUT2D eigenvalue weighted by Gasteiger charge is -2.26. The molecule has 0 fully saturated rings. The number of fused-ring (bicyclic) bond motifs is 4. The van der Waals surface area contributed by atoms with Crippen LogP contribution in [0.4, 0.5) is 0 Å². The molecule has 5 rings (SSSR count). The van der Waals surface area contributed by atoms with Crippen molar-refractivity contribution in [2.24, 2.45) is 4.99 Å². The number of hydrogen-bond donors (Lipinski definition) is 0. The molecular formula is C23H24ClN3S2. The summed E-state index contributed by atoms with van der Waals surface area (Å²) in [5.74, 6) is 1.17. The fourth-order valence-electron chi connectivity index (χ4n) is 4.56. The second-order valence-electron chi connectivity index (χ2n) is 7.80. The average Bonchev–Trinajstić information content (AvgIpc) is 3.36. The smallest absolute Gasteiger partial charge is 0.117 e. The predicted octanol–water partition coefficient (Wildman–Crippen LogP) is 7.06. The lowest BCUT2D eigenvalue weighted by molar-refractivity contribution is 0.687. The minimum absolute atomic E-state index is 0.241. The van der Waals surface area contributed by atoms with Gasteiger partial charge in [0, 0.05) is 16.5 Å². The molecule has 2 atom stereocenters. The van der Waals surface area contributed by atoms with Gasteiger partial charge >= 0.3 is 0 Å². The third-order valence-electron chi connectivity index (χ3n) is 5.97. The Balaban J connectivity index is 1.44. The number of aliphatic imine (C=N–C) groups is 1. The second kappa shape index (κ2) is 8.44. The van der Waals surface area contributed by atoms with Crippen LogP contribution in [-0.4, -0.2) is 21.1 Å². The number of hydrogen-bond acceptors (Lipinski definition) is 5. The maximum absolute atomic E-state index is 6.35. The van der Waals surface area contributed by atoms with E-state index in [1.165, 1.54) is 48.4 Å². The summed E-state index contributed by atoms with van der Waals surface area (Å²) in [6, 6.07) is 8.05. The SMILES string of the molecule is CCCCC1=NC2Sc3c(SCc4ccccc4Cl)ncnc3C2C2=C1CCC2. The molecule has 3 nitrogen and oxygen atoms in total. The van der Waals surface area contributed by atoms with Gasteiger partial charge in [0.15, 0.2) is 0 Å². The number of allylic oxidation sites excluding steroid dienone is 1. The Morgan fingerprint density at radius 1 is 1.21 bits per heavy atom. The van der Waals surface area contributed by atoms with E-state index in [4.69, 9.17) is 21.6 Å². The van der Waals surface area contributed by atoms with Crippen molar-refractivity contribution in [2.75, 3.05) is 0 Å². The number of unbranched alkanes of at least 4 members (excludes halogenated alkanes) is 1. The van der Waals surface area contributed by atoms with Crippen LogP contribution in [-0.2, 0) is 5.75 Å². The van der Waals surface area contributed by atoms with Crippen LogP contribution >= 0.6 is 35.1 Å². The van der Waals surface area contributed by atoms with Crippen LogP contribution in [0.25, 0.3) is 0 Å². The van der Waals surface area contributed by atoms with E-state index in [0.29, 0.717) is 5.92 Å². The molecule has 2 aliphatic heterocycles. The molecular weight excluding hydrogens is 418 g/mol. The zero-order chi connectivity index (χ0) is 19.8. The van der Waals surface area contributed by atoms with E-state index in [-0.39, 0.29) is 5.37 Å². The van der Waals surface area contributed by atoms with Gasteiger partial charge in [0.1, 0.15) is 16.7 Å². The van der Waals surface area contributed by atoms with Gasteiger partial charge < -0.3 is 0 Å². The van der Waals surface area contributed by atoms with Crippen LogP contribution in [0.15, 0.2) is 56.7 Å². The van der Waals surface area contributed by atoms with E-state index in [9.17, 15) is 0 Å². The van der Waals surface area contributed by atoms with Crippen molar-refractivity contribution >= 4 is 40.8 Å². The average molecular weight is 442 g/mol. The Hall–Kier alpha value is -1.30. The van der Waals surface area contributed by atoms with Gasteiger partial charge in [0.25, 0.3) is 0 Å². The van der Waals surface area contributed by atoms with E-state index < -0.39 is 0 Å². The lowest BCUT2D eigenvalue weighted by Crippen LogP contribution is -2.21. The maximum atomic E-state index is 6.35. The van der Waals surface area contributed by atoms with Crippen LogP contribution in [0.3, 0.4) is 0 Å². The summed E-state index contributed by atoms with van der Waals surface area (Å²) in [5.41, 5.74) is 6.89. The molecule has 3 heterocycles. The van der Waals surface area contributed by atoms with E-state index in [2.05, 4.69) is 18.0 Å². The third-order valence-corrected chi connectivity index (χ3v) is 8.77. The summed E-state index contributed by atoms with van der Waals surface area (Å²) >= 11 is 9.98. The van der Waals surface area contributed by atoms with Gasteiger partial charge in [-0.3, -0.25) is 4.99 Å². The minimum Gasteiger partial charge on any atom is -0.274 e. The van der Waals surface area contributed by atoms with Crippen molar-refractivity contribution in [3.8, 4) is 0 Å². The van der Waals surface area contributed by atoms with Crippen molar-refractivity contribution in [1.29, 1.82) is 0 Å². The predicted molar refractivity (Wildman–Crippen MR) is 123 cm³/mol. The Kier molecular flexibility index (Phi) is 5.72. The van der Waals surface area contributed by atoms with Crippen LogP contribution in [0.1, 0.15) is 62.6 Å². The highest BCUT2D eigenvalue weighted by Crippen LogP contribution is 2.56. The molecule has 1 aromatic carbocycles. The molecule has 2 unspecified atom stereocenters. The molecule has 0 N–H and O–H groups in total. The highest BCUT2D eigenvalue weighted by molar-refractivity contribution is 8.02. The van der Waals surface area contributed by atoms with E-state index in [1.807, 2.05) is 30.0 Å². The van der Waals surface area contributed by atoms with Crippen molar-refractivity contribution in [3.05, 3.63) is 58.0 Å². The van der Waals surface area contributed by atoms with E-state index in [0.717, 1.165) is 27.8 Å². The summed E-state index contributed by atoms with van der Waals surface area (Å²) in [5, 5.41) is 2.13. The minimum atomic E-state index is 0.241. The monoisotopic (exact) mass is 441 g/mol. The summed E-state index contributed by atoms with van der Waals surface area (Å²) < 4.78 is 0. The number of thioether (sulfide) groups is 2. The van der Waals surface area contributed by atoms with Crippen LogP contribution in [0.2, 0.25) is 5.02 Å². The van der Waals surface area contributed by atoms with Crippen LogP contribution < -0.4 is 0 Å². The van der Waals surface area contributed by atoms with E-state index >= 15 is 0 Å². The van der Waals surface area contributed by atoms with Crippen molar-refractivity contribution in [2.45, 2.75) is 72.4 Å².